The van der Waals surface area contributed by atoms with E-state index < -0.39 is 32.0 Å². The Bertz CT molecular complexity index is 1310. The van der Waals surface area contributed by atoms with Gasteiger partial charge in [-0.05, 0) is 44.0 Å². The van der Waals surface area contributed by atoms with E-state index in [1.54, 1.807) is 29.3 Å². The molecule has 1 aliphatic rings. The van der Waals surface area contributed by atoms with Crippen LogP contribution < -0.4 is 5.32 Å². The SMILES string of the molecule is [2H]C([2H])([2H])C([2H])(C([2H])([2H])[2H])C([2H])([2H])N1CCC(C(=O)Nc2cc3cc(-c4cnn(C)c4)cnc3cn2)CC1. The molecular formula is C22H28N6O. The third-order valence-corrected chi connectivity index (χ3v) is 4.99. The lowest BCUT2D eigenvalue weighted by atomic mass is 9.95. The second kappa shape index (κ2) is 8.29. The minimum absolute atomic E-state index is 0.0819. The average molecular weight is 402 g/mol. The maximum Gasteiger partial charge on any atom is 0.228 e. The van der Waals surface area contributed by atoms with Crippen molar-refractivity contribution in [3.63, 3.8) is 0 Å². The van der Waals surface area contributed by atoms with Crippen molar-refractivity contribution < 1.29 is 17.1 Å². The molecule has 3 aromatic heterocycles. The molecule has 0 unspecified atom stereocenters. The van der Waals surface area contributed by atoms with Crippen molar-refractivity contribution in [3.05, 3.63) is 36.9 Å². The zero-order valence-electron chi connectivity index (χ0n) is 25.0. The van der Waals surface area contributed by atoms with Crippen molar-refractivity contribution >= 4 is 22.6 Å². The molecule has 7 nitrogen and oxygen atoms in total. The van der Waals surface area contributed by atoms with Gasteiger partial charge in [0, 0.05) is 60.7 Å². The summed E-state index contributed by atoms with van der Waals surface area (Å²) in [5, 5.41) is 7.71. The van der Waals surface area contributed by atoms with Crippen molar-refractivity contribution in [2.75, 3.05) is 24.9 Å². The van der Waals surface area contributed by atoms with E-state index in [9.17, 15) is 4.79 Å². The lowest BCUT2D eigenvalue weighted by Crippen LogP contribution is -2.39. The fourth-order valence-electron chi connectivity index (χ4n) is 3.47. The van der Waals surface area contributed by atoms with Crippen molar-refractivity contribution in [2.45, 2.75) is 26.5 Å². The predicted octanol–water partition coefficient (Wildman–Crippen LogP) is 3.34. The standard InChI is InChI=1S/C22H28N6O/c1-15(2)13-28-6-4-16(5-7-28)22(29)26-21-9-17-8-18(10-23-20(17)12-24-21)19-11-25-27(3)14-19/h8-12,14-16H,4-7,13H2,1-3H3,(H,24,26,29)/i1D3,2D3,13D2,15D. The van der Waals surface area contributed by atoms with Gasteiger partial charge in [0.2, 0.25) is 5.91 Å². The molecule has 1 N–H and O–H groups in total. The van der Waals surface area contributed by atoms with Gasteiger partial charge in [-0.1, -0.05) is 13.7 Å². The second-order valence-corrected chi connectivity index (χ2v) is 7.13. The number of carbonyl (C=O) groups is 1. The normalized spacial score (nSPS) is 22.2. The maximum absolute atomic E-state index is 13.0. The minimum Gasteiger partial charge on any atom is -0.310 e. The Kier molecular flexibility index (Phi) is 3.26. The van der Waals surface area contributed by atoms with Gasteiger partial charge in [-0.25, -0.2) is 4.98 Å². The topological polar surface area (TPSA) is 75.9 Å². The van der Waals surface area contributed by atoms with E-state index in [1.807, 2.05) is 19.3 Å². The summed E-state index contributed by atoms with van der Waals surface area (Å²) in [4.78, 5) is 22.7. The molecule has 152 valence electrons. The van der Waals surface area contributed by atoms with Gasteiger partial charge in [0.25, 0.3) is 0 Å². The molecule has 0 aliphatic carbocycles. The van der Waals surface area contributed by atoms with Crippen LogP contribution in [0.3, 0.4) is 0 Å². The van der Waals surface area contributed by atoms with E-state index >= 15 is 0 Å². The van der Waals surface area contributed by atoms with Crippen LogP contribution in [0.2, 0.25) is 0 Å². The molecule has 3 aromatic rings. The first-order valence-electron chi connectivity index (χ1n) is 13.9. The van der Waals surface area contributed by atoms with E-state index in [-0.39, 0.29) is 31.8 Å². The smallest absolute Gasteiger partial charge is 0.228 e. The molecule has 0 aromatic carbocycles. The highest BCUT2D eigenvalue weighted by molar-refractivity contribution is 5.94. The number of fused-ring (bicyclic) bond motifs is 1. The van der Waals surface area contributed by atoms with Crippen molar-refractivity contribution in [1.29, 1.82) is 0 Å². The van der Waals surface area contributed by atoms with Gasteiger partial charge in [0.1, 0.15) is 5.82 Å². The predicted molar refractivity (Wildman–Crippen MR) is 114 cm³/mol. The Labute approximate surface area is 183 Å². The summed E-state index contributed by atoms with van der Waals surface area (Å²) in [5.74, 6) is -3.91. The van der Waals surface area contributed by atoms with Crippen LogP contribution in [0.25, 0.3) is 22.0 Å². The van der Waals surface area contributed by atoms with E-state index in [0.29, 0.717) is 11.3 Å². The lowest BCUT2D eigenvalue weighted by Gasteiger charge is -2.32. The molecule has 7 heteroatoms. The highest BCUT2D eigenvalue weighted by atomic mass is 16.1. The van der Waals surface area contributed by atoms with E-state index in [2.05, 4.69) is 20.4 Å². The minimum atomic E-state index is -3.40. The Morgan fingerprint density at radius 1 is 1.28 bits per heavy atom. The van der Waals surface area contributed by atoms with Crippen LogP contribution in [0.1, 0.15) is 38.9 Å². The van der Waals surface area contributed by atoms with Crippen molar-refractivity contribution in [3.8, 4) is 11.1 Å². The van der Waals surface area contributed by atoms with Crippen LogP contribution in [0.5, 0.6) is 0 Å². The summed E-state index contributed by atoms with van der Waals surface area (Å²) in [6.07, 6.45) is 7.17. The van der Waals surface area contributed by atoms with Gasteiger partial charge in [0.15, 0.2) is 0 Å². The number of likely N-dealkylation sites (tertiary alicyclic amines) is 1. The van der Waals surface area contributed by atoms with Crippen LogP contribution in [0.15, 0.2) is 36.9 Å². The molecule has 0 saturated carbocycles. The number of hydrogen-bond donors (Lipinski definition) is 1. The van der Waals surface area contributed by atoms with Crippen molar-refractivity contribution in [1.82, 2.24) is 24.6 Å². The molecule has 0 radical (unpaired) electrons. The number of carbonyl (C=O) groups excluding carboxylic acids is 1. The van der Waals surface area contributed by atoms with Gasteiger partial charge in [-0.15, -0.1) is 0 Å². The summed E-state index contributed by atoms with van der Waals surface area (Å²) >= 11 is 0. The zero-order chi connectivity index (χ0) is 28.1. The largest absolute Gasteiger partial charge is 0.310 e. The van der Waals surface area contributed by atoms with Gasteiger partial charge < -0.3 is 10.2 Å². The number of hydrogen-bond acceptors (Lipinski definition) is 5. The van der Waals surface area contributed by atoms with Crippen LogP contribution in [-0.2, 0) is 11.8 Å². The lowest BCUT2D eigenvalue weighted by molar-refractivity contribution is -0.121. The van der Waals surface area contributed by atoms with E-state index in [1.165, 1.54) is 0 Å². The van der Waals surface area contributed by atoms with Crippen LogP contribution >= 0.6 is 0 Å². The number of amides is 1. The number of aryl methyl sites for hydroxylation is 1. The van der Waals surface area contributed by atoms with E-state index in [4.69, 9.17) is 12.3 Å². The number of aromatic nitrogens is 4. The number of nitrogens with one attached hydrogen (secondary N) is 1. The quantitative estimate of drug-likeness (QED) is 0.710. The summed E-state index contributed by atoms with van der Waals surface area (Å²) in [7, 11) is 1.82. The summed E-state index contributed by atoms with van der Waals surface area (Å²) in [6, 6.07) is 3.62. The molecule has 4 rings (SSSR count). The van der Waals surface area contributed by atoms with Gasteiger partial charge in [0.05, 0.1) is 17.9 Å². The second-order valence-electron chi connectivity index (χ2n) is 7.13. The van der Waals surface area contributed by atoms with Gasteiger partial charge >= 0.3 is 0 Å². The molecule has 0 spiro atoms. The number of anilines is 1. The molecule has 1 aliphatic heterocycles. The average Bonchev–Trinajstić information content (AvgIpc) is 3.28. The molecular weight excluding hydrogens is 364 g/mol. The maximum atomic E-state index is 13.0. The first-order chi connectivity index (χ1) is 17.5. The third kappa shape index (κ3) is 4.62. The van der Waals surface area contributed by atoms with E-state index in [0.717, 1.165) is 21.4 Å². The fourth-order valence-corrected chi connectivity index (χ4v) is 3.47. The Balaban J connectivity index is 1.45. The Morgan fingerprint density at radius 2 is 2.10 bits per heavy atom. The fraction of sp³-hybridized carbons (Fsp3) is 0.455. The Hall–Kier alpha value is -2.80. The first kappa shape index (κ1) is 11.4. The first-order valence-corrected chi connectivity index (χ1v) is 9.35. The molecule has 1 amide bonds. The molecule has 0 bridgehead atoms. The van der Waals surface area contributed by atoms with Crippen LogP contribution in [-0.4, -0.2) is 50.1 Å². The number of nitrogens with zero attached hydrogens (tertiary/aromatic N) is 5. The monoisotopic (exact) mass is 401 g/mol. The summed E-state index contributed by atoms with van der Waals surface area (Å²) < 4.78 is 72.3. The highest BCUT2D eigenvalue weighted by Gasteiger charge is 2.25. The summed E-state index contributed by atoms with van der Waals surface area (Å²) in [6.45, 7) is -9.94. The Morgan fingerprint density at radius 3 is 2.83 bits per heavy atom. The van der Waals surface area contributed by atoms with Crippen LogP contribution in [0, 0.1) is 11.8 Å². The molecule has 29 heavy (non-hydrogen) atoms. The summed E-state index contributed by atoms with van der Waals surface area (Å²) in [5.41, 5.74) is 2.40. The van der Waals surface area contributed by atoms with Gasteiger partial charge in [-0.3, -0.25) is 14.5 Å². The number of pyridine rings is 2. The zero-order valence-corrected chi connectivity index (χ0v) is 16.0. The molecule has 4 heterocycles. The highest BCUT2D eigenvalue weighted by Crippen LogP contribution is 2.24. The van der Waals surface area contributed by atoms with Crippen molar-refractivity contribution in [2.24, 2.45) is 18.9 Å². The van der Waals surface area contributed by atoms with Gasteiger partial charge in [-0.2, -0.15) is 5.10 Å². The molecule has 0 atom stereocenters. The molecule has 1 fully saturated rings. The number of piperidine rings is 1. The molecule has 1 saturated heterocycles. The number of rotatable bonds is 5. The van der Waals surface area contributed by atoms with Crippen LogP contribution in [0.4, 0.5) is 5.82 Å². The third-order valence-electron chi connectivity index (χ3n) is 4.99.